The third-order valence-corrected chi connectivity index (χ3v) is 1.79. The van der Waals surface area contributed by atoms with Gasteiger partial charge in [-0.25, -0.2) is 4.39 Å². The summed E-state index contributed by atoms with van der Waals surface area (Å²) >= 11 is 0. The number of rotatable bonds is 4. The van der Waals surface area contributed by atoms with Crippen LogP contribution in [0.2, 0.25) is 0 Å². The Kier molecular flexibility index (Phi) is 3.19. The van der Waals surface area contributed by atoms with Crippen LogP contribution in [0.4, 0.5) is 4.39 Å². The van der Waals surface area contributed by atoms with E-state index in [9.17, 15) is 9.18 Å². The van der Waals surface area contributed by atoms with Crippen molar-refractivity contribution in [3.8, 4) is 0 Å². The second-order valence-corrected chi connectivity index (χ2v) is 3.27. The lowest BCUT2D eigenvalue weighted by atomic mass is 10.0. The van der Waals surface area contributed by atoms with E-state index in [2.05, 4.69) is 0 Å². The first-order valence-electron chi connectivity index (χ1n) is 4.23. The predicted molar refractivity (Wildman–Crippen MR) is 50.4 cm³/mol. The molecule has 14 heavy (non-hydrogen) atoms. The SMILES string of the molecule is NC(F)(CC(=O)O)Cc1ccccc1. The summed E-state index contributed by atoms with van der Waals surface area (Å²) in [6.07, 6.45) is -0.762. The first kappa shape index (κ1) is 10.7. The topological polar surface area (TPSA) is 63.3 Å². The number of benzene rings is 1. The van der Waals surface area contributed by atoms with Crippen molar-refractivity contribution < 1.29 is 14.3 Å². The maximum atomic E-state index is 13.4. The molecule has 0 saturated carbocycles. The minimum Gasteiger partial charge on any atom is -0.481 e. The van der Waals surface area contributed by atoms with Crippen molar-refractivity contribution in [3.05, 3.63) is 35.9 Å². The van der Waals surface area contributed by atoms with Gasteiger partial charge in [-0.1, -0.05) is 30.3 Å². The van der Waals surface area contributed by atoms with Crippen molar-refractivity contribution in [2.24, 2.45) is 5.73 Å². The standard InChI is InChI=1S/C10H12FNO2/c11-10(12,7-9(13)14)6-8-4-2-1-3-5-8/h1-5H,6-7,12H2,(H,13,14). The average Bonchev–Trinajstić information content (AvgIpc) is 2.02. The van der Waals surface area contributed by atoms with Crippen LogP contribution in [-0.2, 0) is 11.2 Å². The lowest BCUT2D eigenvalue weighted by Crippen LogP contribution is -2.39. The van der Waals surface area contributed by atoms with E-state index in [0.717, 1.165) is 0 Å². The highest BCUT2D eigenvalue weighted by Crippen LogP contribution is 2.16. The van der Waals surface area contributed by atoms with Gasteiger partial charge >= 0.3 is 5.97 Å². The summed E-state index contributed by atoms with van der Waals surface area (Å²) in [4.78, 5) is 10.3. The van der Waals surface area contributed by atoms with Gasteiger partial charge in [-0.2, -0.15) is 0 Å². The van der Waals surface area contributed by atoms with E-state index in [-0.39, 0.29) is 6.42 Å². The molecule has 3 nitrogen and oxygen atoms in total. The van der Waals surface area contributed by atoms with Crippen LogP contribution in [-0.4, -0.2) is 16.9 Å². The van der Waals surface area contributed by atoms with Crippen LogP contribution in [0.5, 0.6) is 0 Å². The van der Waals surface area contributed by atoms with Gasteiger partial charge in [0.05, 0.1) is 6.42 Å². The lowest BCUT2D eigenvalue weighted by molar-refractivity contribution is -0.140. The maximum Gasteiger partial charge on any atom is 0.308 e. The largest absolute Gasteiger partial charge is 0.481 e. The minimum absolute atomic E-state index is 0.0832. The Morgan fingerprint density at radius 3 is 2.50 bits per heavy atom. The molecule has 76 valence electrons. The molecule has 0 aliphatic rings. The Morgan fingerprint density at radius 2 is 2.00 bits per heavy atom. The van der Waals surface area contributed by atoms with Crippen LogP contribution in [0.3, 0.4) is 0 Å². The van der Waals surface area contributed by atoms with Crippen molar-refractivity contribution in [2.45, 2.75) is 18.6 Å². The van der Waals surface area contributed by atoms with Crippen molar-refractivity contribution in [2.75, 3.05) is 0 Å². The second kappa shape index (κ2) is 4.19. The van der Waals surface area contributed by atoms with E-state index >= 15 is 0 Å². The van der Waals surface area contributed by atoms with Gasteiger partial charge in [-0.3, -0.25) is 10.5 Å². The van der Waals surface area contributed by atoms with Gasteiger partial charge in [0.25, 0.3) is 0 Å². The van der Waals surface area contributed by atoms with Gasteiger partial charge in [0.2, 0.25) is 0 Å². The highest BCUT2D eigenvalue weighted by atomic mass is 19.1. The van der Waals surface area contributed by atoms with Crippen molar-refractivity contribution in [3.63, 3.8) is 0 Å². The molecule has 0 heterocycles. The average molecular weight is 197 g/mol. The van der Waals surface area contributed by atoms with Crippen LogP contribution in [0.25, 0.3) is 0 Å². The van der Waals surface area contributed by atoms with E-state index in [1.807, 2.05) is 0 Å². The highest BCUT2D eigenvalue weighted by Gasteiger charge is 2.27. The maximum absolute atomic E-state index is 13.4. The van der Waals surface area contributed by atoms with Gasteiger partial charge in [0.1, 0.15) is 0 Å². The van der Waals surface area contributed by atoms with Crippen LogP contribution < -0.4 is 5.73 Å². The molecule has 1 atom stereocenters. The summed E-state index contributed by atoms with van der Waals surface area (Å²) in [6.45, 7) is 0. The van der Waals surface area contributed by atoms with Gasteiger partial charge < -0.3 is 5.11 Å². The molecule has 0 bridgehead atoms. The number of aliphatic carboxylic acids is 1. The fraction of sp³-hybridized carbons (Fsp3) is 0.300. The van der Waals surface area contributed by atoms with Crippen LogP contribution in [0.1, 0.15) is 12.0 Å². The van der Waals surface area contributed by atoms with Gasteiger partial charge in [0, 0.05) is 6.42 Å². The molecule has 3 N–H and O–H groups in total. The Hall–Kier alpha value is -1.42. The Bertz CT molecular complexity index is 311. The van der Waals surface area contributed by atoms with Crippen LogP contribution in [0.15, 0.2) is 30.3 Å². The number of carbonyl (C=O) groups is 1. The first-order chi connectivity index (χ1) is 6.49. The van der Waals surface area contributed by atoms with E-state index in [1.54, 1.807) is 30.3 Å². The van der Waals surface area contributed by atoms with E-state index in [0.29, 0.717) is 5.56 Å². The number of hydrogen-bond donors (Lipinski definition) is 2. The molecule has 0 aliphatic heterocycles. The molecule has 0 aromatic heterocycles. The number of nitrogens with two attached hydrogens (primary N) is 1. The van der Waals surface area contributed by atoms with Crippen LogP contribution in [0, 0.1) is 0 Å². The molecule has 1 aromatic carbocycles. The zero-order valence-electron chi connectivity index (χ0n) is 7.61. The molecule has 1 aromatic rings. The number of halogens is 1. The Labute approximate surface area is 81.4 Å². The normalized spacial score (nSPS) is 14.7. The summed E-state index contributed by atoms with van der Waals surface area (Å²) in [5.41, 5.74) is 5.90. The summed E-state index contributed by atoms with van der Waals surface area (Å²) < 4.78 is 13.4. The summed E-state index contributed by atoms with van der Waals surface area (Å²) in [5, 5.41) is 8.41. The molecule has 0 aliphatic carbocycles. The molecule has 0 saturated heterocycles. The summed E-state index contributed by atoms with van der Waals surface area (Å²) in [6, 6.07) is 8.74. The number of hydrogen-bond acceptors (Lipinski definition) is 2. The molecular formula is C10H12FNO2. The van der Waals surface area contributed by atoms with Crippen molar-refractivity contribution in [1.82, 2.24) is 0 Å². The molecule has 0 spiro atoms. The Morgan fingerprint density at radius 1 is 1.43 bits per heavy atom. The fourth-order valence-electron chi connectivity index (χ4n) is 1.25. The zero-order valence-corrected chi connectivity index (χ0v) is 7.61. The monoisotopic (exact) mass is 197 g/mol. The minimum atomic E-state index is -2.17. The quantitative estimate of drug-likeness (QED) is 0.716. The summed E-state index contributed by atoms with van der Waals surface area (Å²) in [7, 11) is 0. The zero-order chi connectivity index (χ0) is 10.6. The smallest absolute Gasteiger partial charge is 0.308 e. The molecule has 0 radical (unpaired) electrons. The molecule has 1 rings (SSSR count). The van der Waals surface area contributed by atoms with E-state index in [4.69, 9.17) is 10.8 Å². The number of carboxylic acids is 1. The number of alkyl halides is 1. The van der Waals surface area contributed by atoms with Crippen molar-refractivity contribution >= 4 is 5.97 Å². The molecule has 0 amide bonds. The van der Waals surface area contributed by atoms with Crippen molar-refractivity contribution in [1.29, 1.82) is 0 Å². The van der Waals surface area contributed by atoms with Gasteiger partial charge in [-0.15, -0.1) is 0 Å². The fourth-order valence-corrected chi connectivity index (χ4v) is 1.25. The predicted octanol–water partition coefficient (Wildman–Crippen LogP) is 1.33. The number of carboxylic acid groups (broad SMARTS) is 1. The van der Waals surface area contributed by atoms with E-state index < -0.39 is 18.2 Å². The molecular weight excluding hydrogens is 185 g/mol. The Balaban J connectivity index is 2.63. The first-order valence-corrected chi connectivity index (χ1v) is 4.23. The molecule has 1 unspecified atom stereocenters. The third kappa shape index (κ3) is 3.53. The molecule has 0 fully saturated rings. The molecule has 4 heteroatoms. The second-order valence-electron chi connectivity index (χ2n) is 3.27. The highest BCUT2D eigenvalue weighted by molar-refractivity contribution is 5.68. The lowest BCUT2D eigenvalue weighted by Gasteiger charge is -2.17. The summed E-state index contributed by atoms with van der Waals surface area (Å²) in [5.74, 6) is -3.40. The van der Waals surface area contributed by atoms with Gasteiger partial charge in [0.15, 0.2) is 5.79 Å². The third-order valence-electron chi connectivity index (χ3n) is 1.79. The van der Waals surface area contributed by atoms with Gasteiger partial charge in [-0.05, 0) is 5.56 Å². The van der Waals surface area contributed by atoms with E-state index in [1.165, 1.54) is 0 Å². The van der Waals surface area contributed by atoms with Crippen LogP contribution >= 0.6 is 0 Å².